The first kappa shape index (κ1) is 25.4. The van der Waals surface area contributed by atoms with Crippen molar-refractivity contribution in [1.82, 2.24) is 0 Å². The predicted octanol–water partition coefficient (Wildman–Crippen LogP) is 8.30. The molecule has 1 aliphatic rings. The molecule has 0 unspecified atom stereocenters. The third-order valence-corrected chi connectivity index (χ3v) is 4.97. The van der Waals surface area contributed by atoms with E-state index in [0.717, 1.165) is 40.6 Å². The molecular weight excluding hydrogens is 640 g/mol. The average Bonchev–Trinajstić information content (AvgIpc) is 3.19. The Kier molecular flexibility index (Phi) is 10.4. The van der Waals surface area contributed by atoms with Gasteiger partial charge in [-0.2, -0.15) is 0 Å². The molecule has 0 amide bonds. The zero-order valence-corrected chi connectivity index (χ0v) is 23.6. The van der Waals surface area contributed by atoms with E-state index < -0.39 is 0 Å². The molecule has 0 aliphatic carbocycles. The van der Waals surface area contributed by atoms with Crippen LogP contribution in [0, 0.1) is 27.7 Å². The topological polar surface area (TPSA) is 37.1 Å². The van der Waals surface area contributed by atoms with Crippen molar-refractivity contribution < 1.29 is 8.46 Å². The van der Waals surface area contributed by atoms with E-state index in [0.29, 0.717) is 0 Å². The Morgan fingerprint density at radius 1 is 0.800 bits per heavy atom. The molecule has 0 N–H and O–H groups in total. The molecule has 0 aromatic heterocycles. The van der Waals surface area contributed by atoms with Crippen LogP contribution in [0.5, 0.6) is 0 Å². The fraction of sp³-hybridized carbons (Fsp3) is 0.292. The molecule has 0 fully saturated rings. The fourth-order valence-corrected chi connectivity index (χ4v) is 3.31. The van der Waals surface area contributed by atoms with Crippen LogP contribution in [0.15, 0.2) is 63.1 Å². The van der Waals surface area contributed by atoms with Gasteiger partial charge in [0.05, 0.1) is 34.2 Å². The average molecular weight is 667 g/mol. The number of rotatable bonds is 4. The van der Waals surface area contributed by atoms with E-state index in [-0.39, 0.29) is 0 Å². The molecule has 160 valence electrons. The molecule has 2 aromatic rings. The summed E-state index contributed by atoms with van der Waals surface area (Å²) in [5, 5.41) is 0. The van der Waals surface area contributed by atoms with E-state index >= 15 is 0 Å². The Morgan fingerprint density at radius 2 is 1.20 bits per heavy atom. The molecule has 30 heavy (non-hydrogen) atoms. The van der Waals surface area contributed by atoms with Gasteiger partial charge in [0.25, 0.3) is 0 Å². The molecule has 0 spiro atoms. The van der Waals surface area contributed by atoms with Gasteiger partial charge in [-0.25, -0.2) is 4.99 Å². The van der Waals surface area contributed by atoms with Crippen LogP contribution in [0.25, 0.3) is 0 Å². The second kappa shape index (κ2) is 12.3. The van der Waals surface area contributed by atoms with E-state index in [1.54, 1.807) is 0 Å². The summed E-state index contributed by atoms with van der Waals surface area (Å²) in [5.74, 6) is 0. The number of halogens is 2. The van der Waals surface area contributed by atoms with Crippen LogP contribution in [0.1, 0.15) is 42.5 Å². The molecule has 0 atom stereocenters. The van der Waals surface area contributed by atoms with Crippen molar-refractivity contribution in [2.75, 3.05) is 0 Å². The van der Waals surface area contributed by atoms with Crippen LogP contribution in [0.3, 0.4) is 0 Å². The number of aryl methyl sites for hydroxylation is 4. The standard InChI is InChI=1S/C24H27N3.Fe.2HI/c1-15-9-7-10-16(2)23(15)25-19(5)21-13-14-22(27-21)20(6)26-24-17(3)11-8-12-18(24)4;;;/h7-13H,14H2,1-6H3;;2*1H/q;+2;;/p-2. The van der Waals surface area contributed by atoms with Crippen molar-refractivity contribution in [3.63, 3.8) is 0 Å². The van der Waals surface area contributed by atoms with Crippen molar-refractivity contribution in [2.45, 2.75) is 48.0 Å². The molecule has 1 heterocycles. The Morgan fingerprint density at radius 3 is 1.63 bits per heavy atom. The Labute approximate surface area is 209 Å². The molecule has 0 radical (unpaired) electrons. The minimum absolute atomic E-state index is 0.801. The van der Waals surface area contributed by atoms with Gasteiger partial charge < -0.3 is 0 Å². The zero-order chi connectivity index (χ0) is 22.3. The van der Waals surface area contributed by atoms with E-state index in [1.807, 2.05) is 13.8 Å². The first-order valence-corrected chi connectivity index (χ1v) is 16.8. The van der Waals surface area contributed by atoms with Gasteiger partial charge in [-0.15, -0.1) is 0 Å². The number of para-hydroxylation sites is 2. The summed E-state index contributed by atoms with van der Waals surface area (Å²) in [4.78, 5) is 14.5. The van der Waals surface area contributed by atoms with Gasteiger partial charge in [0.1, 0.15) is 0 Å². The van der Waals surface area contributed by atoms with Crippen LogP contribution >= 0.6 is 40.7 Å². The van der Waals surface area contributed by atoms with Gasteiger partial charge in [0, 0.05) is 6.42 Å². The van der Waals surface area contributed by atoms with Gasteiger partial charge in [0.2, 0.25) is 0 Å². The van der Waals surface area contributed by atoms with Crippen molar-refractivity contribution in [2.24, 2.45) is 15.0 Å². The summed E-state index contributed by atoms with van der Waals surface area (Å²) < 4.78 is 0. The molecule has 0 saturated heterocycles. The monoisotopic (exact) mass is 667 g/mol. The first-order valence-electron chi connectivity index (χ1n) is 9.65. The number of allylic oxidation sites excluding steroid dienone is 2. The third kappa shape index (κ3) is 6.84. The molecule has 3 rings (SSSR count). The molecular formula is C24H27FeI2N3. The fourth-order valence-electron chi connectivity index (χ4n) is 3.31. The van der Waals surface area contributed by atoms with Crippen molar-refractivity contribution in [3.8, 4) is 0 Å². The van der Waals surface area contributed by atoms with Gasteiger partial charge in [0.15, 0.2) is 0 Å². The summed E-state index contributed by atoms with van der Waals surface area (Å²) in [7, 11) is 1.19. The van der Waals surface area contributed by atoms with E-state index in [1.165, 1.54) is 30.7 Å². The molecule has 1 aliphatic heterocycles. The second-order valence-corrected chi connectivity index (χ2v) is 16.6. The number of benzene rings is 2. The SMILES string of the molecule is CC(=Nc1c(C)cccc1C)C1=CCC(C(C)=Nc2c(C)cccc2C)=N1.[I][Fe][I]. The minimum atomic E-state index is 0.801. The number of hydrogen-bond donors (Lipinski definition) is 0. The summed E-state index contributed by atoms with van der Waals surface area (Å²) in [5.41, 5.74) is 10.7. The van der Waals surface area contributed by atoms with Crippen molar-refractivity contribution in [1.29, 1.82) is 0 Å². The van der Waals surface area contributed by atoms with Crippen LogP contribution in [-0.4, -0.2) is 17.1 Å². The molecule has 0 bridgehead atoms. The van der Waals surface area contributed by atoms with Gasteiger partial charge in [-0.3, -0.25) is 9.98 Å². The van der Waals surface area contributed by atoms with Crippen LogP contribution < -0.4 is 0 Å². The van der Waals surface area contributed by atoms with E-state index in [9.17, 15) is 0 Å². The number of nitrogens with zero attached hydrogens (tertiary/aromatic N) is 3. The molecule has 2 aromatic carbocycles. The summed E-state index contributed by atoms with van der Waals surface area (Å²) in [6.45, 7) is 12.5. The molecule has 6 heteroatoms. The third-order valence-electron chi connectivity index (χ3n) is 4.97. The zero-order valence-electron chi connectivity index (χ0n) is 18.2. The van der Waals surface area contributed by atoms with Gasteiger partial charge in [-0.1, -0.05) is 42.5 Å². The maximum absolute atomic E-state index is 4.86. The van der Waals surface area contributed by atoms with Gasteiger partial charge >= 0.3 is 49.1 Å². The number of hydrogen-bond acceptors (Lipinski definition) is 3. The number of aliphatic imine (C=N–C) groups is 3. The predicted molar refractivity (Wildman–Crippen MR) is 146 cm³/mol. The van der Waals surface area contributed by atoms with Crippen LogP contribution in [0.4, 0.5) is 11.4 Å². The molecule has 0 saturated carbocycles. The normalized spacial score (nSPS) is 14.3. The quantitative estimate of drug-likeness (QED) is 0.179. The van der Waals surface area contributed by atoms with Crippen LogP contribution in [-0.2, 0) is 8.46 Å². The maximum atomic E-state index is 4.86. The van der Waals surface area contributed by atoms with E-state index in [4.69, 9.17) is 15.0 Å². The Bertz CT molecular complexity index is 996. The van der Waals surface area contributed by atoms with E-state index in [2.05, 4.69) is 111 Å². The Hall–Kier alpha value is -0.831. The van der Waals surface area contributed by atoms with Crippen LogP contribution in [0.2, 0.25) is 0 Å². The van der Waals surface area contributed by atoms with Gasteiger partial charge in [-0.05, 0) is 63.8 Å². The summed E-state index contributed by atoms with van der Waals surface area (Å²) in [6.07, 6.45) is 2.95. The second-order valence-electron chi connectivity index (χ2n) is 7.28. The molecule has 3 nitrogen and oxygen atoms in total. The Balaban J connectivity index is 0.00000101. The summed E-state index contributed by atoms with van der Waals surface area (Å²) in [6, 6.07) is 12.5. The van der Waals surface area contributed by atoms with Crippen molar-refractivity contribution >= 4 is 69.2 Å². The summed E-state index contributed by atoms with van der Waals surface area (Å²) >= 11 is 4.55. The first-order chi connectivity index (χ1) is 14.3. The van der Waals surface area contributed by atoms with Crippen molar-refractivity contribution in [3.05, 3.63) is 70.4 Å².